The van der Waals surface area contributed by atoms with E-state index in [0.717, 1.165) is 17.7 Å². The highest BCUT2D eigenvalue weighted by Crippen LogP contribution is 2.27. The summed E-state index contributed by atoms with van der Waals surface area (Å²) < 4.78 is 12.9. The van der Waals surface area contributed by atoms with Crippen molar-refractivity contribution in [3.8, 4) is 0 Å². The second kappa shape index (κ2) is 8.99. The highest BCUT2D eigenvalue weighted by Gasteiger charge is 2.23. The molecule has 0 aliphatic carbocycles. The summed E-state index contributed by atoms with van der Waals surface area (Å²) in [7, 11) is 0. The van der Waals surface area contributed by atoms with Gasteiger partial charge in [-0.15, -0.1) is 0 Å². The zero-order chi connectivity index (χ0) is 20.0. The van der Waals surface area contributed by atoms with E-state index in [0.29, 0.717) is 5.75 Å². The molecule has 0 spiro atoms. The second-order valence-electron chi connectivity index (χ2n) is 5.47. The van der Waals surface area contributed by atoms with Gasteiger partial charge in [-0.1, -0.05) is 12.1 Å². The van der Waals surface area contributed by atoms with Gasteiger partial charge in [0.2, 0.25) is 0 Å². The van der Waals surface area contributed by atoms with E-state index < -0.39 is 28.6 Å². The van der Waals surface area contributed by atoms with Gasteiger partial charge in [0.25, 0.3) is 5.69 Å². The molecule has 0 fully saturated rings. The van der Waals surface area contributed by atoms with Crippen LogP contribution in [0.3, 0.4) is 0 Å². The molecule has 0 aliphatic heterocycles. The van der Waals surface area contributed by atoms with Crippen LogP contribution in [0.15, 0.2) is 42.5 Å². The van der Waals surface area contributed by atoms with Crippen LogP contribution in [0.4, 0.5) is 15.8 Å². The molecule has 0 saturated heterocycles. The molecule has 0 amide bonds. The smallest absolute Gasteiger partial charge is 0.335 e. The first-order chi connectivity index (χ1) is 12.8. The van der Waals surface area contributed by atoms with Crippen LogP contribution in [-0.2, 0) is 10.5 Å². The monoisotopic (exact) mass is 394 g/mol. The lowest BCUT2D eigenvalue weighted by atomic mass is 10.1. The Morgan fingerprint density at radius 1 is 1.19 bits per heavy atom. The largest absolute Gasteiger partial charge is 0.480 e. The molecule has 1 atom stereocenters. The third-order valence-electron chi connectivity index (χ3n) is 3.54. The number of carboxylic acid groups (broad SMARTS) is 2. The van der Waals surface area contributed by atoms with Gasteiger partial charge >= 0.3 is 11.9 Å². The van der Waals surface area contributed by atoms with Gasteiger partial charge in [0, 0.05) is 17.6 Å². The number of hydrogen-bond donors (Lipinski definition) is 3. The molecule has 2 aromatic rings. The Bertz CT molecular complexity index is 859. The number of thioether (sulfide) groups is 1. The lowest BCUT2D eigenvalue weighted by molar-refractivity contribution is -0.384. The number of halogens is 1. The van der Waals surface area contributed by atoms with E-state index >= 15 is 0 Å². The van der Waals surface area contributed by atoms with Gasteiger partial charge in [-0.3, -0.25) is 10.1 Å². The molecule has 10 heteroatoms. The highest BCUT2D eigenvalue weighted by molar-refractivity contribution is 7.98. The van der Waals surface area contributed by atoms with Crippen molar-refractivity contribution in [2.45, 2.75) is 11.8 Å². The third-order valence-corrected chi connectivity index (χ3v) is 4.64. The number of rotatable bonds is 9. The molecule has 0 aromatic heterocycles. The number of benzene rings is 2. The fourth-order valence-corrected chi connectivity index (χ4v) is 3.18. The van der Waals surface area contributed by atoms with Gasteiger partial charge < -0.3 is 15.5 Å². The zero-order valence-electron chi connectivity index (χ0n) is 13.8. The van der Waals surface area contributed by atoms with Crippen molar-refractivity contribution in [2.24, 2.45) is 0 Å². The van der Waals surface area contributed by atoms with E-state index in [1.807, 2.05) is 0 Å². The van der Waals surface area contributed by atoms with Gasteiger partial charge in [-0.25, -0.2) is 14.0 Å². The van der Waals surface area contributed by atoms with Gasteiger partial charge in [0.15, 0.2) is 0 Å². The van der Waals surface area contributed by atoms with Crippen molar-refractivity contribution in [1.82, 2.24) is 0 Å². The Hall–Kier alpha value is -3.14. The molecule has 27 heavy (non-hydrogen) atoms. The molecule has 2 rings (SSSR count). The lowest BCUT2D eigenvalue weighted by Crippen LogP contribution is -2.32. The number of carboxylic acids is 2. The minimum Gasteiger partial charge on any atom is -0.480 e. The van der Waals surface area contributed by atoms with Crippen molar-refractivity contribution in [1.29, 1.82) is 0 Å². The number of nitrogens with zero attached hydrogens (tertiary/aromatic N) is 1. The summed E-state index contributed by atoms with van der Waals surface area (Å²) in [5.74, 6) is -2.38. The molecule has 2 aromatic carbocycles. The molecule has 3 N–H and O–H groups in total. The predicted molar refractivity (Wildman–Crippen MR) is 97.7 cm³/mol. The molecule has 0 heterocycles. The Labute approximate surface area is 157 Å². The van der Waals surface area contributed by atoms with E-state index in [2.05, 4.69) is 5.32 Å². The minimum absolute atomic E-state index is 0.0835. The Morgan fingerprint density at radius 2 is 1.85 bits per heavy atom. The van der Waals surface area contributed by atoms with Gasteiger partial charge in [0.1, 0.15) is 17.5 Å². The third kappa shape index (κ3) is 5.68. The first kappa shape index (κ1) is 20.2. The van der Waals surface area contributed by atoms with Crippen molar-refractivity contribution in [3.05, 3.63) is 69.5 Å². The molecule has 0 unspecified atom stereocenters. The summed E-state index contributed by atoms with van der Waals surface area (Å²) >= 11 is 1.26. The van der Waals surface area contributed by atoms with Crippen LogP contribution in [-0.4, -0.2) is 38.9 Å². The van der Waals surface area contributed by atoms with Crippen LogP contribution in [0.5, 0.6) is 0 Å². The minimum atomic E-state index is -1.32. The van der Waals surface area contributed by atoms with Crippen LogP contribution in [0.25, 0.3) is 0 Å². The Morgan fingerprint density at radius 3 is 2.41 bits per heavy atom. The van der Waals surface area contributed by atoms with Crippen molar-refractivity contribution in [2.75, 3.05) is 11.1 Å². The molecule has 0 radical (unpaired) electrons. The number of anilines is 1. The van der Waals surface area contributed by atoms with Crippen molar-refractivity contribution >= 4 is 35.1 Å². The highest BCUT2D eigenvalue weighted by atomic mass is 32.2. The van der Waals surface area contributed by atoms with Gasteiger partial charge in [-0.2, -0.15) is 11.8 Å². The SMILES string of the molecule is O=C(O)c1ccc(N[C@@H](CSCc2ccc(F)cc2)C(=O)O)c([N+](=O)[O-])c1. The molecule has 142 valence electrons. The summed E-state index contributed by atoms with van der Waals surface area (Å²) in [6, 6.07) is 7.83. The maximum absolute atomic E-state index is 12.9. The maximum Gasteiger partial charge on any atom is 0.335 e. The van der Waals surface area contributed by atoms with Crippen LogP contribution >= 0.6 is 11.8 Å². The average molecular weight is 394 g/mol. The summed E-state index contributed by atoms with van der Waals surface area (Å²) in [5, 5.41) is 32.0. The number of aliphatic carboxylic acids is 1. The Kier molecular flexibility index (Phi) is 6.72. The number of carbonyl (C=O) groups is 2. The number of nitrogens with one attached hydrogen (secondary N) is 1. The zero-order valence-corrected chi connectivity index (χ0v) is 14.6. The van der Waals surface area contributed by atoms with E-state index in [1.165, 1.54) is 30.0 Å². The molecule has 8 nitrogen and oxygen atoms in total. The van der Waals surface area contributed by atoms with E-state index in [-0.39, 0.29) is 22.8 Å². The van der Waals surface area contributed by atoms with E-state index in [1.54, 1.807) is 12.1 Å². The summed E-state index contributed by atoms with van der Waals surface area (Å²) in [6.07, 6.45) is 0. The fraction of sp³-hybridized carbons (Fsp3) is 0.176. The molecule has 0 bridgehead atoms. The predicted octanol–water partition coefficient (Wildman–Crippen LogP) is 3.23. The quantitative estimate of drug-likeness (QED) is 0.437. The topological polar surface area (TPSA) is 130 Å². The fourth-order valence-electron chi connectivity index (χ4n) is 2.18. The molecular formula is C17H15FN2O6S. The summed E-state index contributed by atoms with van der Waals surface area (Å²) in [6.45, 7) is 0. The molecule has 0 saturated carbocycles. The first-order valence-corrected chi connectivity index (χ1v) is 8.76. The summed E-state index contributed by atoms with van der Waals surface area (Å²) in [4.78, 5) is 32.8. The van der Waals surface area contributed by atoms with Crippen molar-refractivity contribution in [3.63, 3.8) is 0 Å². The van der Waals surface area contributed by atoms with Crippen LogP contribution in [0.2, 0.25) is 0 Å². The van der Waals surface area contributed by atoms with Crippen LogP contribution in [0.1, 0.15) is 15.9 Å². The second-order valence-corrected chi connectivity index (χ2v) is 6.50. The number of nitro benzene ring substituents is 1. The summed E-state index contributed by atoms with van der Waals surface area (Å²) in [5.41, 5.74) is -0.0726. The molecular weight excluding hydrogens is 379 g/mol. The average Bonchev–Trinajstić information content (AvgIpc) is 2.62. The van der Waals surface area contributed by atoms with Gasteiger partial charge in [0.05, 0.1) is 10.5 Å². The lowest BCUT2D eigenvalue weighted by Gasteiger charge is -2.16. The standard InChI is InChI=1S/C17H15FN2O6S/c18-12-4-1-10(2-5-12)8-27-9-14(17(23)24)19-13-6-3-11(16(21)22)7-15(13)20(25)26/h1-7,14,19H,8-9H2,(H,21,22)(H,23,24)/t14-/m0/s1. The van der Waals surface area contributed by atoms with Crippen LogP contribution < -0.4 is 5.32 Å². The normalized spacial score (nSPS) is 11.6. The first-order valence-electron chi connectivity index (χ1n) is 7.61. The number of nitro groups is 1. The van der Waals surface area contributed by atoms with E-state index in [9.17, 15) is 29.2 Å². The molecule has 0 aliphatic rings. The van der Waals surface area contributed by atoms with E-state index in [4.69, 9.17) is 5.11 Å². The maximum atomic E-state index is 12.9. The Balaban J connectivity index is 2.09. The number of hydrogen-bond acceptors (Lipinski definition) is 6. The van der Waals surface area contributed by atoms with Crippen LogP contribution in [0, 0.1) is 15.9 Å². The number of aromatic carboxylic acids is 1. The van der Waals surface area contributed by atoms with Gasteiger partial charge in [-0.05, 0) is 29.8 Å². The van der Waals surface area contributed by atoms with Crippen molar-refractivity contribution < 1.29 is 29.1 Å².